The molecule has 3 aromatic rings. The van der Waals surface area contributed by atoms with Crippen LogP contribution in [0.15, 0.2) is 42.6 Å². The van der Waals surface area contributed by atoms with Gasteiger partial charge in [0, 0.05) is 19.0 Å². The summed E-state index contributed by atoms with van der Waals surface area (Å²) in [6.07, 6.45) is 2.35. The molecule has 1 aliphatic rings. The molecule has 158 valence electrons. The van der Waals surface area contributed by atoms with Crippen molar-refractivity contribution in [3.63, 3.8) is 0 Å². The van der Waals surface area contributed by atoms with Gasteiger partial charge in [0.1, 0.15) is 5.82 Å². The molecule has 4 rings (SSSR count). The van der Waals surface area contributed by atoms with Crippen LogP contribution in [0.25, 0.3) is 10.6 Å². The van der Waals surface area contributed by atoms with E-state index in [0.29, 0.717) is 11.3 Å². The van der Waals surface area contributed by atoms with E-state index in [4.69, 9.17) is 0 Å². The molecular formula is C23H26FN3O2S. The number of halogens is 1. The van der Waals surface area contributed by atoms with Crippen LogP contribution in [0.3, 0.4) is 0 Å². The Labute approximate surface area is 179 Å². The van der Waals surface area contributed by atoms with Crippen molar-refractivity contribution in [1.29, 1.82) is 0 Å². The molecule has 2 N–H and O–H groups in total. The van der Waals surface area contributed by atoms with E-state index in [-0.39, 0.29) is 23.4 Å². The fourth-order valence-corrected chi connectivity index (χ4v) is 5.38. The molecule has 0 saturated carbocycles. The molecular weight excluding hydrogens is 401 g/mol. The van der Waals surface area contributed by atoms with E-state index in [1.54, 1.807) is 29.9 Å². The lowest BCUT2D eigenvalue weighted by Crippen LogP contribution is -2.36. The number of ketones is 1. The van der Waals surface area contributed by atoms with Crippen molar-refractivity contribution in [3.05, 3.63) is 64.4 Å². The van der Waals surface area contributed by atoms with Gasteiger partial charge in [-0.25, -0.2) is 4.39 Å². The van der Waals surface area contributed by atoms with E-state index in [9.17, 15) is 14.3 Å². The summed E-state index contributed by atoms with van der Waals surface area (Å²) in [5.74, 6) is 0.166. The number of hydrogen-bond acceptors (Lipinski definition) is 5. The zero-order valence-electron chi connectivity index (χ0n) is 17.1. The quantitative estimate of drug-likeness (QED) is 0.576. The van der Waals surface area contributed by atoms with Crippen molar-refractivity contribution < 1.29 is 14.3 Å². The Kier molecular flexibility index (Phi) is 6.13. The molecule has 30 heavy (non-hydrogen) atoms. The normalized spacial score (nSPS) is 20.3. The number of carbonyl (C=O) groups is 1. The Hall–Kier alpha value is -2.35. The maximum atomic E-state index is 13.7. The van der Waals surface area contributed by atoms with Gasteiger partial charge in [-0.05, 0) is 68.1 Å². The number of nitrogens with one attached hydrogen (secondary N) is 1. The predicted octanol–water partition coefficient (Wildman–Crippen LogP) is 4.31. The molecule has 1 saturated heterocycles. The maximum absolute atomic E-state index is 13.7. The minimum Gasteiger partial charge on any atom is -0.389 e. The first-order chi connectivity index (χ1) is 14.4. The fraction of sp³-hybridized carbons (Fsp3) is 0.391. The molecule has 7 heteroatoms. The van der Waals surface area contributed by atoms with Crippen molar-refractivity contribution in [1.82, 2.24) is 15.1 Å². The number of aliphatic hydroxyl groups is 1. The highest BCUT2D eigenvalue weighted by molar-refractivity contribution is 7.17. The number of aryl methyl sites for hydroxylation is 1. The van der Waals surface area contributed by atoms with Crippen molar-refractivity contribution in [2.75, 3.05) is 13.1 Å². The number of thiophene rings is 1. The molecule has 0 bridgehead atoms. The van der Waals surface area contributed by atoms with Gasteiger partial charge in [0.25, 0.3) is 0 Å². The van der Waals surface area contributed by atoms with Gasteiger partial charge in [-0.2, -0.15) is 5.10 Å². The maximum Gasteiger partial charge on any atom is 0.173 e. The molecule has 2 aromatic heterocycles. The van der Waals surface area contributed by atoms with Crippen LogP contribution < -0.4 is 5.32 Å². The van der Waals surface area contributed by atoms with Crippen LogP contribution in [0.4, 0.5) is 4.39 Å². The predicted molar refractivity (Wildman–Crippen MR) is 116 cm³/mol. The first-order valence-corrected chi connectivity index (χ1v) is 11.0. The summed E-state index contributed by atoms with van der Waals surface area (Å²) in [6, 6.07) is 10.5. The number of benzene rings is 1. The van der Waals surface area contributed by atoms with Gasteiger partial charge in [-0.3, -0.25) is 9.48 Å². The van der Waals surface area contributed by atoms with Crippen molar-refractivity contribution in [2.24, 2.45) is 13.0 Å². The van der Waals surface area contributed by atoms with Crippen LogP contribution in [0, 0.1) is 11.7 Å². The minimum atomic E-state index is -0.629. The van der Waals surface area contributed by atoms with Crippen LogP contribution in [-0.4, -0.2) is 33.8 Å². The van der Waals surface area contributed by atoms with Crippen LogP contribution in [0.1, 0.15) is 52.6 Å². The van der Waals surface area contributed by atoms with Crippen LogP contribution in [0.2, 0.25) is 0 Å². The number of nitrogens with zero attached hydrogens (tertiary/aromatic N) is 2. The lowest BCUT2D eigenvalue weighted by atomic mass is 9.78. The molecule has 5 nitrogen and oxygen atoms in total. The summed E-state index contributed by atoms with van der Waals surface area (Å²) in [5.41, 5.74) is 2.56. The van der Waals surface area contributed by atoms with Gasteiger partial charge in [-0.1, -0.05) is 12.1 Å². The van der Waals surface area contributed by atoms with Gasteiger partial charge in [-0.15, -0.1) is 11.3 Å². The van der Waals surface area contributed by atoms with Crippen LogP contribution >= 0.6 is 11.3 Å². The smallest absolute Gasteiger partial charge is 0.173 e. The standard InChI is InChI=1S/C23H26FN3O2S/c1-14(28)19-13-26-27(2)23(19)22-7-6-21(30-22)20(29)11-16-12-25-9-8-18(16)15-4-3-5-17(24)10-15/h3-7,10,13-14,16,18,25,28H,8-9,11-12H2,1-2H3/t14?,16-,18+/m1/s1. The Morgan fingerprint density at radius 2 is 2.23 bits per heavy atom. The Morgan fingerprint density at radius 1 is 1.40 bits per heavy atom. The molecule has 1 fully saturated rings. The molecule has 0 radical (unpaired) electrons. The number of hydrogen-bond donors (Lipinski definition) is 2. The first-order valence-electron chi connectivity index (χ1n) is 10.2. The van der Waals surface area contributed by atoms with Crippen LogP contribution in [0.5, 0.6) is 0 Å². The van der Waals surface area contributed by atoms with Crippen molar-refractivity contribution in [2.45, 2.75) is 31.8 Å². The highest BCUT2D eigenvalue weighted by Gasteiger charge is 2.29. The van der Waals surface area contributed by atoms with E-state index >= 15 is 0 Å². The molecule has 1 unspecified atom stereocenters. The summed E-state index contributed by atoms with van der Waals surface area (Å²) < 4.78 is 15.5. The molecule has 3 atom stereocenters. The topological polar surface area (TPSA) is 67.2 Å². The second-order valence-electron chi connectivity index (χ2n) is 7.95. The highest BCUT2D eigenvalue weighted by atomic mass is 32.1. The van der Waals surface area contributed by atoms with Crippen molar-refractivity contribution in [3.8, 4) is 10.6 Å². The summed E-state index contributed by atoms with van der Waals surface area (Å²) in [6.45, 7) is 3.33. The zero-order valence-corrected chi connectivity index (χ0v) is 18.0. The number of piperidine rings is 1. The number of aromatic nitrogens is 2. The summed E-state index contributed by atoms with van der Waals surface area (Å²) in [7, 11) is 1.83. The summed E-state index contributed by atoms with van der Waals surface area (Å²) in [5, 5.41) is 17.7. The summed E-state index contributed by atoms with van der Waals surface area (Å²) in [4.78, 5) is 14.7. The van der Waals surface area contributed by atoms with Gasteiger partial charge in [0.15, 0.2) is 5.78 Å². The molecule has 3 heterocycles. The zero-order chi connectivity index (χ0) is 21.3. The minimum absolute atomic E-state index is 0.0992. The third kappa shape index (κ3) is 4.24. The van der Waals surface area contributed by atoms with E-state index in [0.717, 1.165) is 41.2 Å². The van der Waals surface area contributed by atoms with E-state index in [2.05, 4.69) is 10.4 Å². The SMILES string of the molecule is CC(O)c1cnn(C)c1-c1ccc(C(=O)C[C@@H]2CNCC[C@H]2c2cccc(F)c2)s1. The van der Waals surface area contributed by atoms with E-state index in [1.807, 2.05) is 25.2 Å². The molecule has 1 aromatic carbocycles. The van der Waals surface area contributed by atoms with Crippen molar-refractivity contribution >= 4 is 17.1 Å². The lowest BCUT2D eigenvalue weighted by Gasteiger charge is -2.32. The average Bonchev–Trinajstić information content (AvgIpc) is 3.35. The largest absolute Gasteiger partial charge is 0.389 e. The monoisotopic (exact) mass is 427 g/mol. The third-order valence-corrected chi connectivity index (χ3v) is 7.00. The molecule has 0 amide bonds. The lowest BCUT2D eigenvalue weighted by molar-refractivity contribution is 0.0950. The summed E-state index contributed by atoms with van der Waals surface area (Å²) >= 11 is 1.43. The van der Waals surface area contributed by atoms with Crippen LogP contribution in [-0.2, 0) is 7.05 Å². The van der Waals surface area contributed by atoms with E-state index in [1.165, 1.54) is 17.4 Å². The highest BCUT2D eigenvalue weighted by Crippen LogP contribution is 2.36. The van der Waals surface area contributed by atoms with Gasteiger partial charge >= 0.3 is 0 Å². The Balaban J connectivity index is 1.53. The number of carbonyl (C=O) groups excluding carboxylic acids is 1. The van der Waals surface area contributed by atoms with Gasteiger partial charge in [0.2, 0.25) is 0 Å². The third-order valence-electron chi connectivity index (χ3n) is 5.86. The second-order valence-corrected chi connectivity index (χ2v) is 9.04. The number of aliphatic hydroxyl groups excluding tert-OH is 1. The Morgan fingerprint density at radius 3 is 3.00 bits per heavy atom. The Bertz CT molecular complexity index is 1040. The molecule has 0 spiro atoms. The van der Waals surface area contributed by atoms with E-state index < -0.39 is 6.10 Å². The van der Waals surface area contributed by atoms with Gasteiger partial charge < -0.3 is 10.4 Å². The molecule has 0 aliphatic carbocycles. The number of rotatable bonds is 6. The molecule has 1 aliphatic heterocycles. The fourth-order valence-electron chi connectivity index (χ4n) is 4.33. The van der Waals surface area contributed by atoms with Gasteiger partial charge in [0.05, 0.1) is 27.7 Å². The average molecular weight is 428 g/mol. The number of Topliss-reactive ketones (excluding diaryl/α,β-unsaturated/α-hetero) is 1. The second kappa shape index (κ2) is 8.79. The first kappa shape index (κ1) is 20.9.